The van der Waals surface area contributed by atoms with Crippen LogP contribution in [0.5, 0.6) is 0 Å². The van der Waals surface area contributed by atoms with Crippen LogP contribution < -0.4 is 10.6 Å². The van der Waals surface area contributed by atoms with Gasteiger partial charge in [0.25, 0.3) is 0 Å². The molecule has 1 saturated heterocycles. The highest BCUT2D eigenvalue weighted by molar-refractivity contribution is 5.51. The monoisotopic (exact) mass is 222 g/mol. The molecule has 1 aliphatic heterocycles. The van der Waals surface area contributed by atoms with Crippen molar-refractivity contribution in [1.29, 1.82) is 0 Å². The molecule has 0 aromatic heterocycles. The van der Waals surface area contributed by atoms with Crippen LogP contribution in [-0.4, -0.2) is 12.6 Å². The number of rotatable bonds is 2. The van der Waals surface area contributed by atoms with Crippen molar-refractivity contribution >= 4 is 5.69 Å². The summed E-state index contributed by atoms with van der Waals surface area (Å²) in [5, 5.41) is 0. The number of hydrogen-bond acceptors (Lipinski definition) is 2. The third-order valence-corrected chi connectivity index (χ3v) is 3.36. The van der Waals surface area contributed by atoms with E-state index in [0.29, 0.717) is 6.04 Å². The summed E-state index contributed by atoms with van der Waals surface area (Å²) in [6.45, 7) is 4.97. The number of nitrogens with two attached hydrogens (primary N) is 1. The highest BCUT2D eigenvalue weighted by Crippen LogP contribution is 2.29. The van der Waals surface area contributed by atoms with Crippen molar-refractivity contribution in [3.63, 3.8) is 0 Å². The molecule has 0 amide bonds. The van der Waals surface area contributed by atoms with Crippen LogP contribution in [0.3, 0.4) is 0 Å². The molecule has 1 aromatic rings. The Morgan fingerprint density at radius 3 is 2.75 bits per heavy atom. The van der Waals surface area contributed by atoms with Gasteiger partial charge >= 0.3 is 0 Å². The lowest BCUT2D eigenvalue weighted by molar-refractivity contribution is 0.609. The molecule has 2 nitrogen and oxygen atoms in total. The maximum absolute atomic E-state index is 13.9. The molecule has 1 fully saturated rings. The molecule has 3 heteroatoms. The van der Waals surface area contributed by atoms with Gasteiger partial charge in [0.1, 0.15) is 5.82 Å². The Morgan fingerprint density at radius 2 is 2.25 bits per heavy atom. The fourth-order valence-corrected chi connectivity index (χ4v) is 2.33. The largest absolute Gasteiger partial charge is 0.366 e. The maximum atomic E-state index is 13.9. The van der Waals surface area contributed by atoms with E-state index in [-0.39, 0.29) is 11.9 Å². The second-order valence-corrected chi connectivity index (χ2v) is 4.68. The molecular weight excluding hydrogens is 203 g/mol. The van der Waals surface area contributed by atoms with E-state index in [9.17, 15) is 4.39 Å². The van der Waals surface area contributed by atoms with Gasteiger partial charge in [-0.05, 0) is 44.4 Å². The summed E-state index contributed by atoms with van der Waals surface area (Å²) in [4.78, 5) is 2.14. The lowest BCUT2D eigenvalue weighted by Gasteiger charge is -2.24. The van der Waals surface area contributed by atoms with Crippen LogP contribution in [0, 0.1) is 5.82 Å². The van der Waals surface area contributed by atoms with E-state index in [0.717, 1.165) is 30.6 Å². The summed E-state index contributed by atoms with van der Waals surface area (Å²) in [6.07, 6.45) is 2.30. The smallest absolute Gasteiger partial charge is 0.146 e. The van der Waals surface area contributed by atoms with Gasteiger partial charge in [-0.15, -0.1) is 0 Å². The van der Waals surface area contributed by atoms with Crippen LogP contribution in [0.2, 0.25) is 0 Å². The van der Waals surface area contributed by atoms with Gasteiger partial charge < -0.3 is 10.6 Å². The third-order valence-electron chi connectivity index (χ3n) is 3.36. The van der Waals surface area contributed by atoms with Crippen LogP contribution in [0.1, 0.15) is 38.3 Å². The maximum Gasteiger partial charge on any atom is 0.146 e. The SMILES string of the molecule is CC1CCCN1c1ccc([C@@H](C)N)cc1F. The van der Waals surface area contributed by atoms with E-state index < -0.39 is 0 Å². The van der Waals surface area contributed by atoms with E-state index in [1.54, 1.807) is 6.07 Å². The Labute approximate surface area is 96.2 Å². The highest BCUT2D eigenvalue weighted by Gasteiger charge is 2.23. The molecule has 0 bridgehead atoms. The number of anilines is 1. The van der Waals surface area contributed by atoms with Crippen molar-refractivity contribution in [3.8, 4) is 0 Å². The Hall–Kier alpha value is -1.09. The Morgan fingerprint density at radius 1 is 1.50 bits per heavy atom. The van der Waals surface area contributed by atoms with Crippen molar-refractivity contribution in [2.75, 3.05) is 11.4 Å². The van der Waals surface area contributed by atoms with Gasteiger partial charge in [-0.3, -0.25) is 0 Å². The summed E-state index contributed by atoms with van der Waals surface area (Å²) in [5.41, 5.74) is 7.30. The molecule has 1 aliphatic rings. The standard InChI is InChI=1S/C13H19FN2/c1-9-4-3-7-16(9)13-6-5-11(10(2)15)8-12(13)14/h5-6,8-10H,3-4,7,15H2,1-2H3/t9?,10-/m1/s1. The van der Waals surface area contributed by atoms with Crippen molar-refractivity contribution in [1.82, 2.24) is 0 Å². The predicted octanol–water partition coefficient (Wildman–Crippen LogP) is 2.83. The van der Waals surface area contributed by atoms with E-state index in [4.69, 9.17) is 5.73 Å². The van der Waals surface area contributed by atoms with E-state index in [2.05, 4.69) is 11.8 Å². The summed E-state index contributed by atoms with van der Waals surface area (Å²) >= 11 is 0. The van der Waals surface area contributed by atoms with Gasteiger partial charge in [0.2, 0.25) is 0 Å². The summed E-state index contributed by atoms with van der Waals surface area (Å²) in [6, 6.07) is 5.67. The normalized spacial score (nSPS) is 22.5. The molecular formula is C13H19FN2. The molecule has 16 heavy (non-hydrogen) atoms. The van der Waals surface area contributed by atoms with Crippen LogP contribution in [0.15, 0.2) is 18.2 Å². The first-order valence-electron chi connectivity index (χ1n) is 5.91. The van der Waals surface area contributed by atoms with Crippen LogP contribution in [-0.2, 0) is 0 Å². The average molecular weight is 222 g/mol. The molecule has 1 aromatic carbocycles. The Kier molecular flexibility index (Phi) is 3.15. The minimum absolute atomic E-state index is 0.112. The summed E-state index contributed by atoms with van der Waals surface area (Å²) < 4.78 is 13.9. The van der Waals surface area contributed by atoms with Crippen LogP contribution >= 0.6 is 0 Å². The van der Waals surface area contributed by atoms with E-state index in [1.165, 1.54) is 0 Å². The van der Waals surface area contributed by atoms with Crippen LogP contribution in [0.4, 0.5) is 10.1 Å². The van der Waals surface area contributed by atoms with Crippen molar-refractivity contribution < 1.29 is 4.39 Å². The molecule has 1 unspecified atom stereocenters. The van der Waals surface area contributed by atoms with Gasteiger partial charge in [-0.2, -0.15) is 0 Å². The molecule has 88 valence electrons. The minimum atomic E-state index is -0.149. The second-order valence-electron chi connectivity index (χ2n) is 4.68. The zero-order valence-corrected chi connectivity index (χ0v) is 9.91. The number of benzene rings is 1. The van der Waals surface area contributed by atoms with Crippen molar-refractivity contribution in [2.45, 2.75) is 38.8 Å². The van der Waals surface area contributed by atoms with Crippen LogP contribution in [0.25, 0.3) is 0 Å². The molecule has 2 rings (SSSR count). The lowest BCUT2D eigenvalue weighted by Crippen LogP contribution is -2.27. The number of hydrogen-bond donors (Lipinski definition) is 1. The fraction of sp³-hybridized carbons (Fsp3) is 0.538. The molecule has 0 saturated carbocycles. The topological polar surface area (TPSA) is 29.3 Å². The van der Waals surface area contributed by atoms with Gasteiger partial charge in [0.15, 0.2) is 0 Å². The first-order chi connectivity index (χ1) is 7.59. The molecule has 2 N–H and O–H groups in total. The van der Waals surface area contributed by atoms with E-state index >= 15 is 0 Å². The molecule has 2 atom stereocenters. The minimum Gasteiger partial charge on any atom is -0.366 e. The Balaban J connectivity index is 2.28. The molecule has 1 heterocycles. The van der Waals surface area contributed by atoms with E-state index in [1.807, 2.05) is 19.1 Å². The fourth-order valence-electron chi connectivity index (χ4n) is 2.33. The zero-order chi connectivity index (χ0) is 11.7. The van der Waals surface area contributed by atoms with Crippen molar-refractivity contribution in [3.05, 3.63) is 29.6 Å². The first-order valence-corrected chi connectivity index (χ1v) is 5.91. The molecule has 0 radical (unpaired) electrons. The molecule has 0 spiro atoms. The van der Waals surface area contributed by atoms with Gasteiger partial charge in [0, 0.05) is 18.6 Å². The second kappa shape index (κ2) is 4.42. The first kappa shape index (κ1) is 11.4. The highest BCUT2D eigenvalue weighted by atomic mass is 19.1. The lowest BCUT2D eigenvalue weighted by atomic mass is 10.1. The predicted molar refractivity (Wildman–Crippen MR) is 65.0 cm³/mol. The summed E-state index contributed by atoms with van der Waals surface area (Å²) in [7, 11) is 0. The Bertz CT molecular complexity index is 376. The molecule has 0 aliphatic carbocycles. The third kappa shape index (κ3) is 2.05. The summed E-state index contributed by atoms with van der Waals surface area (Å²) in [5.74, 6) is -0.149. The zero-order valence-electron chi connectivity index (χ0n) is 9.91. The van der Waals surface area contributed by atoms with Gasteiger partial charge in [0.05, 0.1) is 5.69 Å². The van der Waals surface area contributed by atoms with Crippen molar-refractivity contribution in [2.24, 2.45) is 5.73 Å². The average Bonchev–Trinajstić information content (AvgIpc) is 2.64. The quantitative estimate of drug-likeness (QED) is 0.833. The van der Waals surface area contributed by atoms with Gasteiger partial charge in [-0.1, -0.05) is 6.07 Å². The van der Waals surface area contributed by atoms with Gasteiger partial charge in [-0.25, -0.2) is 4.39 Å². The number of nitrogens with zero attached hydrogens (tertiary/aromatic N) is 1. The number of halogens is 1.